The van der Waals surface area contributed by atoms with Crippen LogP contribution in [0.5, 0.6) is 5.75 Å². The molecule has 37 heavy (non-hydrogen) atoms. The Bertz CT molecular complexity index is 1750. The van der Waals surface area contributed by atoms with Crippen LogP contribution in [-0.4, -0.2) is 33.6 Å². The summed E-state index contributed by atoms with van der Waals surface area (Å²) in [6.07, 6.45) is 0. The maximum absolute atomic E-state index is 12.9. The molecule has 0 spiro atoms. The topological polar surface area (TPSA) is 115 Å². The van der Waals surface area contributed by atoms with Gasteiger partial charge in [-0.2, -0.15) is 0 Å². The highest BCUT2D eigenvalue weighted by Crippen LogP contribution is 2.29. The van der Waals surface area contributed by atoms with Gasteiger partial charge in [0.05, 0.1) is 12.0 Å². The summed E-state index contributed by atoms with van der Waals surface area (Å²) in [6, 6.07) is 18.2. The molecule has 3 aromatic carbocycles. The Morgan fingerprint density at radius 2 is 1.68 bits per heavy atom. The fourth-order valence-electron chi connectivity index (χ4n) is 4.09. The highest BCUT2D eigenvalue weighted by Gasteiger charge is 2.19. The van der Waals surface area contributed by atoms with Crippen molar-refractivity contribution in [3.8, 4) is 17.2 Å². The maximum atomic E-state index is 12.9. The summed E-state index contributed by atoms with van der Waals surface area (Å²) in [5, 5.41) is 0.722. The van der Waals surface area contributed by atoms with E-state index in [0.29, 0.717) is 22.5 Å². The van der Waals surface area contributed by atoms with Gasteiger partial charge >= 0.3 is 5.63 Å². The van der Waals surface area contributed by atoms with E-state index in [1.807, 2.05) is 18.2 Å². The fraction of sp³-hybridized carbons (Fsp3) is 0.185. The second-order valence-electron chi connectivity index (χ2n) is 8.32. The van der Waals surface area contributed by atoms with Gasteiger partial charge in [0.1, 0.15) is 22.4 Å². The van der Waals surface area contributed by atoms with E-state index in [9.17, 15) is 13.2 Å². The van der Waals surface area contributed by atoms with E-state index in [4.69, 9.17) is 13.6 Å². The SMILES string of the molecule is CCN(CC)c1ccc2cc(-c3nc4ccc(S(=O)(=O)Nc5ccc(OC)cc5)cc4o3)c(=O)oc2c1. The minimum absolute atomic E-state index is 0.00649. The quantitative estimate of drug-likeness (QED) is 0.276. The molecule has 10 heteroatoms. The summed E-state index contributed by atoms with van der Waals surface area (Å²) in [6.45, 7) is 5.79. The lowest BCUT2D eigenvalue weighted by Gasteiger charge is -2.20. The molecule has 0 fully saturated rings. The number of rotatable bonds is 8. The van der Waals surface area contributed by atoms with E-state index in [1.54, 1.807) is 30.3 Å². The summed E-state index contributed by atoms with van der Waals surface area (Å²) in [4.78, 5) is 19.3. The molecule has 0 saturated carbocycles. The van der Waals surface area contributed by atoms with Crippen LogP contribution in [0.4, 0.5) is 11.4 Å². The number of sulfonamides is 1. The van der Waals surface area contributed by atoms with E-state index >= 15 is 0 Å². The molecule has 0 bridgehead atoms. The van der Waals surface area contributed by atoms with Gasteiger partial charge in [0.25, 0.3) is 10.0 Å². The fourth-order valence-corrected chi connectivity index (χ4v) is 5.17. The number of nitrogens with one attached hydrogen (secondary N) is 1. The van der Waals surface area contributed by atoms with E-state index in [-0.39, 0.29) is 21.9 Å². The molecule has 0 aliphatic rings. The van der Waals surface area contributed by atoms with Gasteiger partial charge in [-0.05, 0) is 68.4 Å². The summed E-state index contributed by atoms with van der Waals surface area (Å²) >= 11 is 0. The lowest BCUT2D eigenvalue weighted by atomic mass is 10.1. The van der Waals surface area contributed by atoms with Crippen LogP contribution in [0.25, 0.3) is 33.5 Å². The molecule has 0 unspecified atom stereocenters. The summed E-state index contributed by atoms with van der Waals surface area (Å²) < 4.78 is 44.9. The summed E-state index contributed by atoms with van der Waals surface area (Å²) in [5.74, 6) is 0.664. The van der Waals surface area contributed by atoms with Crippen molar-refractivity contribution in [2.75, 3.05) is 29.8 Å². The molecule has 0 atom stereocenters. The Kier molecular flexibility index (Phi) is 6.34. The average Bonchev–Trinajstić information content (AvgIpc) is 3.32. The first kappa shape index (κ1) is 24.4. The van der Waals surface area contributed by atoms with Crippen LogP contribution in [0, 0.1) is 0 Å². The minimum Gasteiger partial charge on any atom is -0.497 e. The number of anilines is 2. The number of fused-ring (bicyclic) bond motifs is 2. The molecule has 0 radical (unpaired) electrons. The first-order valence-corrected chi connectivity index (χ1v) is 13.2. The largest absolute Gasteiger partial charge is 0.497 e. The molecular weight excluding hydrogens is 494 g/mol. The Morgan fingerprint density at radius 1 is 0.919 bits per heavy atom. The molecule has 5 aromatic rings. The Labute approximate surface area is 213 Å². The third-order valence-electron chi connectivity index (χ3n) is 6.09. The van der Waals surface area contributed by atoms with Gasteiger partial charge in [-0.3, -0.25) is 4.72 Å². The van der Waals surface area contributed by atoms with Crippen molar-refractivity contribution in [3.63, 3.8) is 0 Å². The van der Waals surface area contributed by atoms with Crippen molar-refractivity contribution in [1.82, 2.24) is 4.98 Å². The lowest BCUT2D eigenvalue weighted by Crippen LogP contribution is -2.21. The number of oxazole rings is 1. The monoisotopic (exact) mass is 519 g/mol. The molecular formula is C27H25N3O6S. The average molecular weight is 520 g/mol. The number of aromatic nitrogens is 1. The molecule has 2 aromatic heterocycles. The van der Waals surface area contributed by atoms with Crippen molar-refractivity contribution in [3.05, 3.63) is 77.2 Å². The molecule has 5 rings (SSSR count). The molecule has 9 nitrogen and oxygen atoms in total. The van der Waals surface area contributed by atoms with Crippen molar-refractivity contribution >= 4 is 43.5 Å². The molecule has 0 amide bonds. The van der Waals surface area contributed by atoms with Crippen molar-refractivity contribution in [1.29, 1.82) is 0 Å². The van der Waals surface area contributed by atoms with Gasteiger partial charge in [-0.1, -0.05) is 0 Å². The smallest absolute Gasteiger partial charge is 0.349 e. The van der Waals surface area contributed by atoms with Gasteiger partial charge in [0.15, 0.2) is 5.58 Å². The normalized spacial score (nSPS) is 11.6. The number of benzene rings is 3. The van der Waals surface area contributed by atoms with Crippen molar-refractivity contribution < 1.29 is 22.0 Å². The van der Waals surface area contributed by atoms with Crippen LogP contribution in [-0.2, 0) is 10.0 Å². The van der Waals surface area contributed by atoms with Crippen LogP contribution in [0.3, 0.4) is 0 Å². The number of hydrogen-bond donors (Lipinski definition) is 1. The number of methoxy groups -OCH3 is 1. The summed E-state index contributed by atoms with van der Waals surface area (Å²) in [5.41, 5.74) is 2.01. The molecule has 190 valence electrons. The second-order valence-corrected chi connectivity index (χ2v) is 10.0. The predicted octanol–water partition coefficient (Wildman–Crippen LogP) is 5.26. The molecule has 2 heterocycles. The standard InChI is InChI=1S/C27H25N3O6S/c1-4-30(5-2)19-9-6-17-14-22(27(31)36-24(17)15-19)26-28-23-13-12-21(16-25(23)35-26)37(32,33)29-18-7-10-20(34-3)11-8-18/h6-16,29H,4-5H2,1-3H3. The molecule has 1 N–H and O–H groups in total. The Hall–Kier alpha value is -4.31. The molecule has 0 aliphatic carbocycles. The molecule has 0 saturated heterocycles. The van der Waals surface area contributed by atoms with Crippen LogP contribution in [0.2, 0.25) is 0 Å². The van der Waals surface area contributed by atoms with Crippen LogP contribution >= 0.6 is 0 Å². The zero-order chi connectivity index (χ0) is 26.2. The van der Waals surface area contributed by atoms with Crippen LogP contribution in [0.15, 0.2) is 85.3 Å². The van der Waals surface area contributed by atoms with E-state index in [0.717, 1.165) is 24.2 Å². The van der Waals surface area contributed by atoms with Crippen LogP contribution in [0.1, 0.15) is 13.8 Å². The number of nitrogens with zero attached hydrogens (tertiary/aromatic N) is 2. The number of hydrogen-bond acceptors (Lipinski definition) is 8. The highest BCUT2D eigenvalue weighted by atomic mass is 32.2. The zero-order valence-corrected chi connectivity index (χ0v) is 21.3. The summed E-state index contributed by atoms with van der Waals surface area (Å²) in [7, 11) is -2.36. The van der Waals surface area contributed by atoms with E-state index in [2.05, 4.69) is 28.5 Å². The maximum Gasteiger partial charge on any atom is 0.349 e. The third-order valence-corrected chi connectivity index (χ3v) is 7.47. The highest BCUT2D eigenvalue weighted by molar-refractivity contribution is 7.92. The molecule has 0 aliphatic heterocycles. The number of ether oxygens (including phenoxy) is 1. The van der Waals surface area contributed by atoms with Crippen molar-refractivity contribution in [2.24, 2.45) is 0 Å². The zero-order valence-electron chi connectivity index (χ0n) is 20.5. The van der Waals surface area contributed by atoms with Gasteiger partial charge in [-0.25, -0.2) is 18.2 Å². The van der Waals surface area contributed by atoms with Crippen molar-refractivity contribution in [2.45, 2.75) is 18.7 Å². The van der Waals surface area contributed by atoms with Gasteiger partial charge in [-0.15, -0.1) is 0 Å². The van der Waals surface area contributed by atoms with Gasteiger partial charge in [0.2, 0.25) is 5.89 Å². The Morgan fingerprint density at radius 3 is 2.38 bits per heavy atom. The Balaban J connectivity index is 1.48. The van der Waals surface area contributed by atoms with Crippen LogP contribution < -0.4 is 20.0 Å². The lowest BCUT2D eigenvalue weighted by molar-refractivity contribution is 0.415. The van der Waals surface area contributed by atoms with Gasteiger partial charge < -0.3 is 18.5 Å². The first-order valence-electron chi connectivity index (χ1n) is 11.7. The third kappa shape index (κ3) is 4.75. The van der Waals surface area contributed by atoms with E-state index < -0.39 is 15.6 Å². The first-order chi connectivity index (χ1) is 17.8. The minimum atomic E-state index is -3.90. The predicted molar refractivity (Wildman–Crippen MR) is 143 cm³/mol. The van der Waals surface area contributed by atoms with E-state index in [1.165, 1.54) is 25.3 Å². The second kappa shape index (κ2) is 9.62. The van der Waals surface area contributed by atoms with Gasteiger partial charge in [0, 0.05) is 42.0 Å².